The Morgan fingerprint density at radius 3 is 2.53 bits per heavy atom. The lowest BCUT2D eigenvalue weighted by Crippen LogP contribution is -2.50. The molecule has 1 aliphatic rings. The Bertz CT molecular complexity index is 239. The first kappa shape index (κ1) is 12.0. The third kappa shape index (κ3) is 3.87. The Morgan fingerprint density at radius 2 is 2.13 bits per heavy atom. The van der Waals surface area contributed by atoms with Gasteiger partial charge in [-0.3, -0.25) is 4.79 Å². The molecule has 1 unspecified atom stereocenters. The van der Waals surface area contributed by atoms with E-state index in [1.165, 1.54) is 20.5 Å². The van der Waals surface area contributed by atoms with Crippen LogP contribution < -0.4 is 10.6 Å². The number of carbonyl (C=O) groups is 2. The third-order valence-corrected chi connectivity index (χ3v) is 2.58. The van der Waals surface area contributed by atoms with Crippen LogP contribution in [0.4, 0.5) is 0 Å². The normalized spacial score (nSPS) is 17.7. The van der Waals surface area contributed by atoms with Crippen molar-refractivity contribution in [3.05, 3.63) is 0 Å². The van der Waals surface area contributed by atoms with Crippen molar-refractivity contribution in [2.75, 3.05) is 13.7 Å². The van der Waals surface area contributed by atoms with Gasteiger partial charge in [-0.25, -0.2) is 4.79 Å². The lowest BCUT2D eigenvalue weighted by Gasteiger charge is -2.28. The van der Waals surface area contributed by atoms with E-state index in [9.17, 15) is 9.59 Å². The average Bonchev–Trinajstić information content (AvgIpc) is 2.12. The minimum atomic E-state index is -0.576. The van der Waals surface area contributed by atoms with Gasteiger partial charge in [-0.15, -0.1) is 0 Å². The fourth-order valence-corrected chi connectivity index (χ4v) is 1.48. The van der Waals surface area contributed by atoms with Crippen LogP contribution in [0.5, 0.6) is 0 Å². The number of hydrogen-bond donors (Lipinski definition) is 2. The molecule has 5 heteroatoms. The number of ether oxygens (including phenoxy) is 1. The Kier molecular flexibility index (Phi) is 4.55. The molecule has 0 spiro atoms. The van der Waals surface area contributed by atoms with Gasteiger partial charge in [0.15, 0.2) is 0 Å². The number of carbonyl (C=O) groups excluding carboxylic acids is 2. The van der Waals surface area contributed by atoms with Crippen molar-refractivity contribution in [1.82, 2.24) is 10.6 Å². The predicted molar refractivity (Wildman–Crippen MR) is 55.3 cm³/mol. The molecule has 1 atom stereocenters. The van der Waals surface area contributed by atoms with Crippen LogP contribution in [-0.4, -0.2) is 37.6 Å². The Labute approximate surface area is 89.6 Å². The highest BCUT2D eigenvalue weighted by atomic mass is 16.5. The van der Waals surface area contributed by atoms with Gasteiger partial charge < -0.3 is 15.4 Å². The van der Waals surface area contributed by atoms with E-state index in [1.807, 2.05) is 0 Å². The minimum Gasteiger partial charge on any atom is -0.467 e. The van der Waals surface area contributed by atoms with Gasteiger partial charge in [0.05, 0.1) is 7.11 Å². The fraction of sp³-hybridized carbons (Fsp3) is 0.800. The summed E-state index contributed by atoms with van der Waals surface area (Å²) in [4.78, 5) is 22.1. The molecule has 0 heterocycles. The monoisotopic (exact) mass is 214 g/mol. The molecule has 5 nitrogen and oxygen atoms in total. The van der Waals surface area contributed by atoms with Crippen LogP contribution in [0.15, 0.2) is 0 Å². The molecule has 1 fully saturated rings. The molecule has 0 aromatic rings. The van der Waals surface area contributed by atoms with Gasteiger partial charge >= 0.3 is 5.97 Å². The van der Waals surface area contributed by atoms with Crippen molar-refractivity contribution in [2.45, 2.75) is 38.3 Å². The maximum absolute atomic E-state index is 11.3. The van der Waals surface area contributed by atoms with Crippen LogP contribution in [0.1, 0.15) is 26.2 Å². The highest BCUT2D eigenvalue weighted by Crippen LogP contribution is 2.17. The van der Waals surface area contributed by atoms with Crippen LogP contribution in [0.2, 0.25) is 0 Å². The van der Waals surface area contributed by atoms with Gasteiger partial charge in [0.25, 0.3) is 0 Å². The van der Waals surface area contributed by atoms with Crippen molar-refractivity contribution < 1.29 is 14.3 Å². The average molecular weight is 214 g/mol. The van der Waals surface area contributed by atoms with Gasteiger partial charge in [-0.05, 0) is 12.8 Å². The summed E-state index contributed by atoms with van der Waals surface area (Å²) in [7, 11) is 1.32. The second-order valence-corrected chi connectivity index (χ2v) is 3.81. The SMILES string of the molecule is COC(=O)C(CNC1CCC1)NC(C)=O. The fourth-order valence-electron chi connectivity index (χ4n) is 1.48. The molecule has 1 amide bonds. The van der Waals surface area contributed by atoms with E-state index >= 15 is 0 Å². The van der Waals surface area contributed by atoms with Crippen LogP contribution in [0.25, 0.3) is 0 Å². The van der Waals surface area contributed by atoms with Crippen LogP contribution in [0.3, 0.4) is 0 Å². The summed E-state index contributed by atoms with van der Waals surface area (Å²) in [5.41, 5.74) is 0. The van der Waals surface area contributed by atoms with E-state index in [0.717, 1.165) is 12.8 Å². The summed E-state index contributed by atoms with van der Waals surface area (Å²) in [5, 5.41) is 5.78. The highest BCUT2D eigenvalue weighted by Gasteiger charge is 2.23. The third-order valence-electron chi connectivity index (χ3n) is 2.58. The molecule has 86 valence electrons. The zero-order chi connectivity index (χ0) is 11.3. The summed E-state index contributed by atoms with van der Waals surface area (Å²) in [6.07, 6.45) is 3.53. The molecule has 15 heavy (non-hydrogen) atoms. The molecule has 1 aliphatic carbocycles. The Balaban J connectivity index is 2.33. The Hall–Kier alpha value is -1.10. The van der Waals surface area contributed by atoms with Crippen molar-refractivity contribution >= 4 is 11.9 Å². The second-order valence-electron chi connectivity index (χ2n) is 3.81. The van der Waals surface area contributed by atoms with E-state index in [-0.39, 0.29) is 5.91 Å². The van der Waals surface area contributed by atoms with Crippen LogP contribution >= 0.6 is 0 Å². The summed E-state index contributed by atoms with van der Waals surface area (Å²) in [6, 6.07) is -0.0842. The van der Waals surface area contributed by atoms with Gasteiger partial charge in [0, 0.05) is 19.5 Å². The smallest absolute Gasteiger partial charge is 0.329 e. The molecule has 1 rings (SSSR count). The molecular formula is C10H18N2O3. The van der Waals surface area contributed by atoms with Crippen molar-refractivity contribution in [2.24, 2.45) is 0 Å². The summed E-state index contributed by atoms with van der Waals surface area (Å²) in [5.74, 6) is -0.627. The molecular weight excluding hydrogens is 196 g/mol. The molecule has 1 saturated carbocycles. The van der Waals surface area contributed by atoms with E-state index in [2.05, 4.69) is 15.4 Å². The van der Waals surface area contributed by atoms with Crippen LogP contribution in [-0.2, 0) is 14.3 Å². The standard InChI is InChI=1S/C10H18N2O3/c1-7(13)12-9(10(14)15-2)6-11-8-4-3-5-8/h8-9,11H,3-6H2,1-2H3,(H,12,13). The topological polar surface area (TPSA) is 67.4 Å². The number of rotatable bonds is 5. The summed E-state index contributed by atoms with van der Waals surface area (Å²) < 4.78 is 4.60. The van der Waals surface area contributed by atoms with Gasteiger partial charge in [0.1, 0.15) is 6.04 Å². The van der Waals surface area contributed by atoms with Gasteiger partial charge in [-0.2, -0.15) is 0 Å². The number of esters is 1. The maximum atomic E-state index is 11.3. The van der Waals surface area contributed by atoms with Gasteiger partial charge in [-0.1, -0.05) is 6.42 Å². The number of methoxy groups -OCH3 is 1. The highest BCUT2D eigenvalue weighted by molar-refractivity contribution is 5.83. The van der Waals surface area contributed by atoms with E-state index in [4.69, 9.17) is 0 Å². The van der Waals surface area contributed by atoms with Crippen molar-refractivity contribution in [3.63, 3.8) is 0 Å². The first-order valence-corrected chi connectivity index (χ1v) is 5.21. The zero-order valence-corrected chi connectivity index (χ0v) is 9.21. The summed E-state index contributed by atoms with van der Waals surface area (Å²) in [6.45, 7) is 1.83. The first-order chi connectivity index (χ1) is 7.13. The molecule has 2 N–H and O–H groups in total. The molecule has 0 bridgehead atoms. The van der Waals surface area contributed by atoms with Crippen molar-refractivity contribution in [3.8, 4) is 0 Å². The van der Waals surface area contributed by atoms with Gasteiger partial charge in [0.2, 0.25) is 5.91 Å². The maximum Gasteiger partial charge on any atom is 0.329 e. The zero-order valence-electron chi connectivity index (χ0n) is 9.21. The predicted octanol–water partition coefficient (Wildman–Crippen LogP) is -0.194. The van der Waals surface area contributed by atoms with E-state index in [0.29, 0.717) is 12.6 Å². The quantitative estimate of drug-likeness (QED) is 0.622. The number of amides is 1. The number of hydrogen-bond acceptors (Lipinski definition) is 4. The van der Waals surface area contributed by atoms with Crippen molar-refractivity contribution in [1.29, 1.82) is 0 Å². The second kappa shape index (κ2) is 5.70. The molecule has 0 radical (unpaired) electrons. The Morgan fingerprint density at radius 1 is 1.47 bits per heavy atom. The lowest BCUT2D eigenvalue weighted by atomic mass is 9.93. The number of nitrogens with one attached hydrogen (secondary N) is 2. The molecule has 0 aliphatic heterocycles. The molecule has 0 aromatic carbocycles. The minimum absolute atomic E-state index is 0.221. The summed E-state index contributed by atoms with van der Waals surface area (Å²) >= 11 is 0. The molecule has 0 saturated heterocycles. The van der Waals surface area contributed by atoms with E-state index < -0.39 is 12.0 Å². The first-order valence-electron chi connectivity index (χ1n) is 5.21. The molecule has 0 aromatic heterocycles. The largest absolute Gasteiger partial charge is 0.467 e. The lowest BCUT2D eigenvalue weighted by molar-refractivity contribution is -0.144. The van der Waals surface area contributed by atoms with Crippen LogP contribution in [0, 0.1) is 0 Å². The van der Waals surface area contributed by atoms with E-state index in [1.54, 1.807) is 0 Å².